The smallest absolute Gasteiger partial charge is 0.325 e. The minimum Gasteiger partial charge on any atom is -0.377 e. The summed E-state index contributed by atoms with van der Waals surface area (Å²) in [7, 11) is 0. The number of ether oxygens (including phenoxy) is 1. The Morgan fingerprint density at radius 2 is 2.17 bits per heavy atom. The molecule has 0 radical (unpaired) electrons. The third kappa shape index (κ3) is 2.79. The van der Waals surface area contributed by atoms with Crippen molar-refractivity contribution in [3.8, 4) is 0 Å². The molecule has 4 amide bonds. The maximum atomic E-state index is 12.9. The molecule has 1 saturated carbocycles. The molecule has 0 bridgehead atoms. The van der Waals surface area contributed by atoms with Crippen molar-refractivity contribution in [3.63, 3.8) is 0 Å². The SMILES string of the molecule is CC[C@@H]1COCCN1C(=O)CN1C(=O)N[C@@]2(CCCC[C@H]2C)C1=O. The van der Waals surface area contributed by atoms with E-state index >= 15 is 0 Å². The zero-order valence-electron chi connectivity index (χ0n) is 14.5. The second-order valence-electron chi connectivity index (χ2n) is 7.16. The quantitative estimate of drug-likeness (QED) is 0.783. The summed E-state index contributed by atoms with van der Waals surface area (Å²) in [6.45, 7) is 5.38. The van der Waals surface area contributed by atoms with Gasteiger partial charge in [-0.15, -0.1) is 0 Å². The van der Waals surface area contributed by atoms with Gasteiger partial charge in [-0.05, 0) is 25.2 Å². The van der Waals surface area contributed by atoms with Crippen LogP contribution in [0.25, 0.3) is 0 Å². The molecule has 134 valence electrons. The summed E-state index contributed by atoms with van der Waals surface area (Å²) < 4.78 is 5.42. The van der Waals surface area contributed by atoms with E-state index in [2.05, 4.69) is 5.32 Å². The van der Waals surface area contributed by atoms with Crippen LogP contribution in [0.15, 0.2) is 0 Å². The summed E-state index contributed by atoms with van der Waals surface area (Å²) in [5.41, 5.74) is -0.801. The summed E-state index contributed by atoms with van der Waals surface area (Å²) in [6, 6.07) is -0.405. The van der Waals surface area contributed by atoms with Crippen LogP contribution >= 0.6 is 0 Å². The predicted molar refractivity (Wildman–Crippen MR) is 87.2 cm³/mol. The van der Waals surface area contributed by atoms with E-state index in [4.69, 9.17) is 4.74 Å². The lowest BCUT2D eigenvalue weighted by molar-refractivity contribution is -0.145. The second kappa shape index (κ2) is 6.70. The molecule has 0 aromatic carbocycles. The Morgan fingerprint density at radius 1 is 1.38 bits per heavy atom. The predicted octanol–water partition coefficient (Wildman–Crippen LogP) is 1.12. The zero-order valence-corrected chi connectivity index (χ0v) is 14.5. The first kappa shape index (κ1) is 17.2. The third-order valence-corrected chi connectivity index (χ3v) is 5.81. The van der Waals surface area contributed by atoms with Gasteiger partial charge in [0, 0.05) is 6.54 Å². The van der Waals surface area contributed by atoms with Crippen LogP contribution < -0.4 is 5.32 Å². The standard InChI is InChI=1S/C17H27N3O4/c1-3-13-11-24-9-8-19(13)14(21)10-20-15(22)17(18-16(20)23)7-5-4-6-12(17)2/h12-13H,3-11H2,1-2H3,(H,18,23)/t12-,13-,17-/m1/s1. The molecular weight excluding hydrogens is 310 g/mol. The molecule has 0 unspecified atom stereocenters. The molecule has 1 aliphatic carbocycles. The van der Waals surface area contributed by atoms with Crippen molar-refractivity contribution in [1.82, 2.24) is 15.1 Å². The van der Waals surface area contributed by atoms with Gasteiger partial charge in [-0.2, -0.15) is 0 Å². The van der Waals surface area contributed by atoms with Crippen LogP contribution in [-0.2, 0) is 14.3 Å². The van der Waals surface area contributed by atoms with Gasteiger partial charge in [-0.1, -0.05) is 26.7 Å². The molecule has 0 aromatic heterocycles. The molecule has 3 aliphatic rings. The van der Waals surface area contributed by atoms with E-state index in [0.29, 0.717) is 26.2 Å². The molecule has 24 heavy (non-hydrogen) atoms. The fourth-order valence-electron chi connectivity index (χ4n) is 4.19. The average Bonchev–Trinajstić information content (AvgIpc) is 2.82. The minimum atomic E-state index is -0.801. The lowest BCUT2D eigenvalue weighted by Crippen LogP contribution is -2.55. The van der Waals surface area contributed by atoms with Gasteiger partial charge >= 0.3 is 6.03 Å². The fraction of sp³-hybridized carbons (Fsp3) is 0.824. The van der Waals surface area contributed by atoms with E-state index in [9.17, 15) is 14.4 Å². The van der Waals surface area contributed by atoms with E-state index < -0.39 is 11.6 Å². The van der Waals surface area contributed by atoms with Gasteiger partial charge in [0.1, 0.15) is 12.1 Å². The molecule has 1 N–H and O–H groups in total. The molecule has 0 aromatic rings. The van der Waals surface area contributed by atoms with Gasteiger partial charge in [-0.3, -0.25) is 14.5 Å². The maximum absolute atomic E-state index is 12.9. The van der Waals surface area contributed by atoms with Crippen molar-refractivity contribution >= 4 is 17.8 Å². The van der Waals surface area contributed by atoms with Crippen LogP contribution in [0.1, 0.15) is 46.0 Å². The number of carbonyl (C=O) groups is 3. The average molecular weight is 337 g/mol. The number of nitrogens with zero attached hydrogens (tertiary/aromatic N) is 2. The maximum Gasteiger partial charge on any atom is 0.325 e. The highest BCUT2D eigenvalue weighted by atomic mass is 16.5. The van der Waals surface area contributed by atoms with Gasteiger partial charge in [0.2, 0.25) is 5.91 Å². The zero-order chi connectivity index (χ0) is 17.3. The number of rotatable bonds is 3. The molecule has 1 spiro atoms. The lowest BCUT2D eigenvalue weighted by atomic mass is 9.73. The Morgan fingerprint density at radius 3 is 2.88 bits per heavy atom. The van der Waals surface area contributed by atoms with Crippen molar-refractivity contribution < 1.29 is 19.1 Å². The molecule has 2 aliphatic heterocycles. The largest absolute Gasteiger partial charge is 0.377 e. The van der Waals surface area contributed by atoms with Crippen LogP contribution in [0.2, 0.25) is 0 Å². The van der Waals surface area contributed by atoms with Crippen LogP contribution in [-0.4, -0.2) is 65.5 Å². The Labute approximate surface area is 142 Å². The number of hydrogen-bond acceptors (Lipinski definition) is 4. The Kier molecular flexibility index (Phi) is 4.80. The lowest BCUT2D eigenvalue weighted by Gasteiger charge is -2.37. The summed E-state index contributed by atoms with van der Waals surface area (Å²) in [4.78, 5) is 40.8. The van der Waals surface area contributed by atoms with Crippen LogP contribution in [0.5, 0.6) is 0 Å². The van der Waals surface area contributed by atoms with E-state index in [1.165, 1.54) is 0 Å². The molecule has 3 fully saturated rings. The van der Waals surface area contributed by atoms with Gasteiger partial charge in [0.25, 0.3) is 5.91 Å². The first-order valence-electron chi connectivity index (χ1n) is 9.01. The molecule has 2 heterocycles. The summed E-state index contributed by atoms with van der Waals surface area (Å²) >= 11 is 0. The van der Waals surface area contributed by atoms with E-state index in [0.717, 1.165) is 30.6 Å². The molecular formula is C17H27N3O4. The highest BCUT2D eigenvalue weighted by molar-refractivity contribution is 6.09. The Bertz CT molecular complexity index is 538. The molecule has 7 nitrogen and oxygen atoms in total. The summed E-state index contributed by atoms with van der Waals surface area (Å²) in [6.07, 6.45) is 4.40. The second-order valence-corrected chi connectivity index (χ2v) is 7.16. The van der Waals surface area contributed by atoms with Crippen molar-refractivity contribution in [2.45, 2.75) is 57.5 Å². The van der Waals surface area contributed by atoms with Crippen LogP contribution in [0.4, 0.5) is 4.79 Å². The molecule has 3 rings (SSSR count). The number of imide groups is 1. The van der Waals surface area contributed by atoms with E-state index in [-0.39, 0.29) is 30.3 Å². The molecule has 2 saturated heterocycles. The van der Waals surface area contributed by atoms with Gasteiger partial charge in [0.05, 0.1) is 19.3 Å². The Balaban J connectivity index is 1.72. The number of amides is 4. The molecule has 3 atom stereocenters. The van der Waals surface area contributed by atoms with Gasteiger partial charge in [0.15, 0.2) is 0 Å². The van der Waals surface area contributed by atoms with Crippen molar-refractivity contribution in [3.05, 3.63) is 0 Å². The van der Waals surface area contributed by atoms with Gasteiger partial charge < -0.3 is 15.0 Å². The summed E-state index contributed by atoms with van der Waals surface area (Å²) in [5.74, 6) is -0.293. The Hall–Kier alpha value is -1.63. The van der Waals surface area contributed by atoms with E-state index in [1.807, 2.05) is 13.8 Å². The fourth-order valence-corrected chi connectivity index (χ4v) is 4.19. The normalized spacial score (nSPS) is 33.9. The van der Waals surface area contributed by atoms with Gasteiger partial charge in [-0.25, -0.2) is 4.79 Å². The monoisotopic (exact) mass is 337 g/mol. The number of carbonyl (C=O) groups excluding carboxylic acids is 3. The highest BCUT2D eigenvalue weighted by Gasteiger charge is 2.55. The number of urea groups is 1. The molecule has 7 heteroatoms. The summed E-state index contributed by atoms with van der Waals surface area (Å²) in [5, 5.41) is 2.89. The topological polar surface area (TPSA) is 79.0 Å². The highest BCUT2D eigenvalue weighted by Crippen LogP contribution is 2.38. The van der Waals surface area contributed by atoms with E-state index in [1.54, 1.807) is 4.90 Å². The van der Waals surface area contributed by atoms with Crippen LogP contribution in [0.3, 0.4) is 0 Å². The number of hydrogen-bond donors (Lipinski definition) is 1. The van der Waals surface area contributed by atoms with Crippen molar-refractivity contribution in [2.24, 2.45) is 5.92 Å². The number of nitrogens with one attached hydrogen (secondary N) is 1. The van der Waals surface area contributed by atoms with Crippen molar-refractivity contribution in [1.29, 1.82) is 0 Å². The first-order chi connectivity index (χ1) is 11.5. The minimum absolute atomic E-state index is 0.0228. The number of morpholine rings is 1. The van der Waals surface area contributed by atoms with Crippen LogP contribution in [0, 0.1) is 5.92 Å². The van der Waals surface area contributed by atoms with Crippen molar-refractivity contribution in [2.75, 3.05) is 26.3 Å². The first-order valence-corrected chi connectivity index (χ1v) is 9.01. The third-order valence-electron chi connectivity index (χ3n) is 5.81.